The van der Waals surface area contributed by atoms with Crippen molar-refractivity contribution in [3.05, 3.63) is 24.3 Å². The third kappa shape index (κ3) is 2.17. The van der Waals surface area contributed by atoms with Crippen molar-refractivity contribution in [1.82, 2.24) is 0 Å². The van der Waals surface area contributed by atoms with E-state index >= 15 is 0 Å². The van der Waals surface area contributed by atoms with Crippen LogP contribution in [0.2, 0.25) is 0 Å². The van der Waals surface area contributed by atoms with Crippen molar-refractivity contribution in [3.8, 4) is 0 Å². The van der Waals surface area contributed by atoms with E-state index in [0.29, 0.717) is 0 Å². The van der Waals surface area contributed by atoms with E-state index in [1.807, 2.05) is 0 Å². The predicted octanol–water partition coefficient (Wildman–Crippen LogP) is 2.67. The molecule has 0 radical (unpaired) electrons. The van der Waals surface area contributed by atoms with Gasteiger partial charge in [-0.25, -0.2) is 0 Å². The maximum Gasteiger partial charge on any atom is 0.0904 e. The van der Waals surface area contributed by atoms with Gasteiger partial charge in [-0.05, 0) is 12.8 Å². The van der Waals surface area contributed by atoms with E-state index in [1.165, 1.54) is 0 Å². The van der Waals surface area contributed by atoms with Crippen molar-refractivity contribution in [2.24, 2.45) is 0 Å². The summed E-state index contributed by atoms with van der Waals surface area (Å²) in [5.41, 5.74) is -0.0434. The van der Waals surface area contributed by atoms with Crippen molar-refractivity contribution in [2.75, 3.05) is 12.4 Å². The lowest BCUT2D eigenvalue weighted by Crippen LogP contribution is -2.29. The molecule has 0 saturated carbocycles. The second kappa shape index (κ2) is 4.07. The van der Waals surface area contributed by atoms with Gasteiger partial charge in [-0.1, -0.05) is 40.2 Å². The largest absolute Gasteiger partial charge is 0.374 e. The minimum absolute atomic E-state index is 0.0434. The van der Waals surface area contributed by atoms with Crippen LogP contribution in [0, 0.1) is 0 Å². The first-order valence-electron chi connectivity index (χ1n) is 3.78. The molecule has 2 heteroatoms. The first kappa shape index (κ1) is 9.01. The molecule has 1 aliphatic carbocycles. The Morgan fingerprint density at radius 2 is 2.36 bits per heavy atom. The molecule has 0 bridgehead atoms. The number of rotatable bonds is 3. The Morgan fingerprint density at radius 1 is 1.55 bits per heavy atom. The summed E-state index contributed by atoms with van der Waals surface area (Å²) in [6, 6.07) is 0. The van der Waals surface area contributed by atoms with Crippen LogP contribution in [-0.2, 0) is 4.74 Å². The zero-order chi connectivity index (χ0) is 8.16. The minimum Gasteiger partial charge on any atom is -0.374 e. The average Bonchev–Trinajstić information content (AvgIpc) is 2.07. The van der Waals surface area contributed by atoms with Crippen molar-refractivity contribution < 1.29 is 4.74 Å². The predicted molar refractivity (Wildman–Crippen MR) is 51.0 cm³/mol. The Bertz CT molecular complexity index is 174. The van der Waals surface area contributed by atoms with Crippen molar-refractivity contribution >= 4 is 15.9 Å². The first-order chi connectivity index (χ1) is 5.33. The molecule has 0 aliphatic heterocycles. The lowest BCUT2D eigenvalue weighted by molar-refractivity contribution is 0.0319. The van der Waals surface area contributed by atoms with Crippen LogP contribution in [0.4, 0.5) is 0 Å². The maximum absolute atomic E-state index is 5.45. The molecular weight excluding hydrogens is 204 g/mol. The third-order valence-electron chi connectivity index (χ3n) is 2.03. The molecule has 0 aromatic rings. The Labute approximate surface area is 76.3 Å². The highest BCUT2D eigenvalue weighted by Crippen LogP contribution is 2.25. The summed E-state index contributed by atoms with van der Waals surface area (Å²) >= 11 is 3.42. The average molecular weight is 217 g/mol. The van der Waals surface area contributed by atoms with Gasteiger partial charge in [-0.3, -0.25) is 0 Å². The molecule has 0 aromatic carbocycles. The molecule has 0 aromatic heterocycles. The van der Waals surface area contributed by atoms with Gasteiger partial charge in [0.25, 0.3) is 0 Å². The Kier molecular flexibility index (Phi) is 3.34. The van der Waals surface area contributed by atoms with Gasteiger partial charge in [0, 0.05) is 12.4 Å². The first-order valence-corrected chi connectivity index (χ1v) is 4.91. The van der Waals surface area contributed by atoms with Crippen LogP contribution in [0.15, 0.2) is 24.3 Å². The summed E-state index contributed by atoms with van der Waals surface area (Å²) in [6.07, 6.45) is 10.4. The number of hydrogen-bond acceptors (Lipinski definition) is 1. The van der Waals surface area contributed by atoms with Gasteiger partial charge in [-0.15, -0.1) is 0 Å². The van der Waals surface area contributed by atoms with E-state index in [4.69, 9.17) is 4.74 Å². The van der Waals surface area contributed by atoms with Gasteiger partial charge in [-0.2, -0.15) is 0 Å². The van der Waals surface area contributed by atoms with Gasteiger partial charge in [0.1, 0.15) is 0 Å². The summed E-state index contributed by atoms with van der Waals surface area (Å²) in [6.45, 7) is 0. The van der Waals surface area contributed by atoms with Crippen LogP contribution in [0.25, 0.3) is 0 Å². The molecule has 0 N–H and O–H groups in total. The fourth-order valence-corrected chi connectivity index (χ4v) is 1.91. The van der Waals surface area contributed by atoms with Crippen molar-refractivity contribution in [3.63, 3.8) is 0 Å². The van der Waals surface area contributed by atoms with E-state index in [1.54, 1.807) is 7.11 Å². The summed E-state index contributed by atoms with van der Waals surface area (Å²) in [5, 5.41) is 0.985. The standard InChI is InChI=1S/C9H13BrO/c1-11-9(7-8-10)5-3-2-4-6-9/h2-5H,6-8H2,1H3. The number of allylic oxidation sites excluding steroid dienone is 2. The summed E-state index contributed by atoms with van der Waals surface area (Å²) in [5.74, 6) is 0. The normalized spacial score (nSPS) is 29.3. The molecule has 0 spiro atoms. The van der Waals surface area contributed by atoms with Crippen LogP contribution in [0.3, 0.4) is 0 Å². The summed E-state index contributed by atoms with van der Waals surface area (Å²) < 4.78 is 5.45. The molecule has 0 amide bonds. The second-order valence-corrected chi connectivity index (χ2v) is 3.49. The van der Waals surface area contributed by atoms with E-state index in [2.05, 4.69) is 40.2 Å². The maximum atomic E-state index is 5.45. The fourth-order valence-electron chi connectivity index (χ4n) is 1.24. The van der Waals surface area contributed by atoms with E-state index in [0.717, 1.165) is 18.2 Å². The molecule has 0 heterocycles. The SMILES string of the molecule is COC1(CCBr)C=CC=CC1. The van der Waals surface area contributed by atoms with Crippen LogP contribution < -0.4 is 0 Å². The van der Waals surface area contributed by atoms with Gasteiger partial charge < -0.3 is 4.74 Å². The second-order valence-electron chi connectivity index (χ2n) is 2.70. The topological polar surface area (TPSA) is 9.23 Å². The van der Waals surface area contributed by atoms with Crippen molar-refractivity contribution in [1.29, 1.82) is 0 Å². The Morgan fingerprint density at radius 3 is 2.82 bits per heavy atom. The van der Waals surface area contributed by atoms with Crippen molar-refractivity contribution in [2.45, 2.75) is 18.4 Å². The highest BCUT2D eigenvalue weighted by Gasteiger charge is 2.25. The molecular formula is C9H13BrO. The van der Waals surface area contributed by atoms with Crippen LogP contribution in [-0.4, -0.2) is 18.0 Å². The van der Waals surface area contributed by atoms with Gasteiger partial charge >= 0.3 is 0 Å². The molecule has 1 nitrogen and oxygen atoms in total. The lowest BCUT2D eigenvalue weighted by Gasteiger charge is -2.28. The van der Waals surface area contributed by atoms with Gasteiger partial charge in [0.05, 0.1) is 5.60 Å². The van der Waals surface area contributed by atoms with Crippen LogP contribution in [0.1, 0.15) is 12.8 Å². The molecule has 1 atom stereocenters. The summed E-state index contributed by atoms with van der Waals surface area (Å²) in [7, 11) is 1.77. The molecule has 62 valence electrons. The lowest BCUT2D eigenvalue weighted by atomic mass is 9.92. The highest BCUT2D eigenvalue weighted by atomic mass is 79.9. The molecule has 1 unspecified atom stereocenters. The number of methoxy groups -OCH3 is 1. The fraction of sp³-hybridized carbons (Fsp3) is 0.556. The number of hydrogen-bond donors (Lipinski definition) is 0. The smallest absolute Gasteiger partial charge is 0.0904 e. The van der Waals surface area contributed by atoms with Gasteiger partial charge in [0.15, 0.2) is 0 Å². The molecule has 11 heavy (non-hydrogen) atoms. The summed E-state index contributed by atoms with van der Waals surface area (Å²) in [4.78, 5) is 0. The number of alkyl halides is 1. The third-order valence-corrected chi connectivity index (χ3v) is 2.43. The van der Waals surface area contributed by atoms with E-state index < -0.39 is 0 Å². The molecule has 0 saturated heterocycles. The Hall–Kier alpha value is -0.0800. The number of halogens is 1. The molecule has 1 rings (SSSR count). The van der Waals surface area contributed by atoms with Crippen LogP contribution in [0.5, 0.6) is 0 Å². The monoisotopic (exact) mass is 216 g/mol. The quantitative estimate of drug-likeness (QED) is 0.660. The minimum atomic E-state index is -0.0434. The number of ether oxygens (including phenoxy) is 1. The highest BCUT2D eigenvalue weighted by molar-refractivity contribution is 9.09. The zero-order valence-corrected chi connectivity index (χ0v) is 8.30. The van der Waals surface area contributed by atoms with Gasteiger partial charge in [0.2, 0.25) is 0 Å². The zero-order valence-electron chi connectivity index (χ0n) is 6.72. The molecule has 0 fully saturated rings. The van der Waals surface area contributed by atoms with E-state index in [-0.39, 0.29) is 5.60 Å². The Balaban J connectivity index is 2.60. The van der Waals surface area contributed by atoms with Crippen LogP contribution >= 0.6 is 15.9 Å². The molecule has 1 aliphatic rings. The van der Waals surface area contributed by atoms with E-state index in [9.17, 15) is 0 Å².